The number of carbonyl (C=O) groups excluding carboxylic acids is 1. The number of anilines is 1. The summed E-state index contributed by atoms with van der Waals surface area (Å²) in [5.74, 6) is 0.550. The van der Waals surface area contributed by atoms with Gasteiger partial charge in [-0.15, -0.1) is 0 Å². The molecule has 118 valence electrons. The zero-order valence-electron chi connectivity index (χ0n) is 13.7. The van der Waals surface area contributed by atoms with Gasteiger partial charge in [-0.25, -0.2) is 0 Å². The molecule has 0 radical (unpaired) electrons. The Hall–Kier alpha value is -1.55. The van der Waals surface area contributed by atoms with E-state index in [1.807, 2.05) is 0 Å². The number of ether oxygens (including phenoxy) is 1. The van der Waals surface area contributed by atoms with E-state index in [0.29, 0.717) is 32.0 Å². The standard InChI is InChI=1S/C17H28N2O2/c1-13(2)15-8-5-7-14(3)17(15)19-11-9-16(20)18-10-6-12-21-4/h5,7-8,13,19H,6,9-12H2,1-4H3,(H,18,20). The lowest BCUT2D eigenvalue weighted by atomic mass is 9.98. The van der Waals surface area contributed by atoms with Crippen molar-refractivity contribution in [3.05, 3.63) is 29.3 Å². The maximum absolute atomic E-state index is 11.7. The zero-order chi connectivity index (χ0) is 15.7. The van der Waals surface area contributed by atoms with Crippen LogP contribution in [0.15, 0.2) is 18.2 Å². The summed E-state index contributed by atoms with van der Waals surface area (Å²) in [7, 11) is 1.67. The quantitative estimate of drug-likeness (QED) is 0.688. The van der Waals surface area contributed by atoms with E-state index in [-0.39, 0.29) is 5.91 Å². The van der Waals surface area contributed by atoms with Crippen molar-refractivity contribution >= 4 is 11.6 Å². The third-order valence-electron chi connectivity index (χ3n) is 3.43. The van der Waals surface area contributed by atoms with Crippen LogP contribution in [0.1, 0.15) is 43.7 Å². The Morgan fingerprint density at radius 3 is 2.71 bits per heavy atom. The van der Waals surface area contributed by atoms with Crippen LogP contribution in [0.4, 0.5) is 5.69 Å². The second kappa shape index (κ2) is 9.40. The molecule has 1 amide bonds. The number of hydrogen-bond acceptors (Lipinski definition) is 3. The summed E-state index contributed by atoms with van der Waals surface area (Å²) in [5.41, 5.74) is 3.69. The van der Waals surface area contributed by atoms with Gasteiger partial charge in [0.05, 0.1) is 0 Å². The fraction of sp³-hybridized carbons (Fsp3) is 0.588. The van der Waals surface area contributed by atoms with Crippen molar-refractivity contribution in [1.82, 2.24) is 5.32 Å². The van der Waals surface area contributed by atoms with Gasteiger partial charge in [0.1, 0.15) is 0 Å². The van der Waals surface area contributed by atoms with E-state index >= 15 is 0 Å². The topological polar surface area (TPSA) is 50.4 Å². The summed E-state index contributed by atoms with van der Waals surface area (Å²) in [4.78, 5) is 11.7. The average Bonchev–Trinajstić information content (AvgIpc) is 2.45. The lowest BCUT2D eigenvalue weighted by molar-refractivity contribution is -0.120. The second-order valence-corrected chi connectivity index (χ2v) is 5.57. The van der Waals surface area contributed by atoms with E-state index in [0.717, 1.165) is 6.42 Å². The molecule has 0 heterocycles. The number of nitrogens with one attached hydrogen (secondary N) is 2. The molecule has 1 aromatic rings. The van der Waals surface area contributed by atoms with Crippen molar-refractivity contribution in [2.75, 3.05) is 32.1 Å². The van der Waals surface area contributed by atoms with Crippen molar-refractivity contribution in [1.29, 1.82) is 0 Å². The molecule has 0 aliphatic rings. The number of amides is 1. The lowest BCUT2D eigenvalue weighted by Crippen LogP contribution is -2.27. The first-order valence-electron chi connectivity index (χ1n) is 7.65. The molecule has 2 N–H and O–H groups in total. The summed E-state index contributed by atoms with van der Waals surface area (Å²) < 4.78 is 4.95. The molecule has 0 aliphatic carbocycles. The molecular formula is C17H28N2O2. The minimum atomic E-state index is 0.0817. The first kappa shape index (κ1) is 17.5. The summed E-state index contributed by atoms with van der Waals surface area (Å²) in [6, 6.07) is 6.32. The Morgan fingerprint density at radius 2 is 2.05 bits per heavy atom. The van der Waals surface area contributed by atoms with Gasteiger partial charge in [-0.1, -0.05) is 32.0 Å². The molecule has 0 saturated heterocycles. The van der Waals surface area contributed by atoms with Crippen LogP contribution in [-0.4, -0.2) is 32.7 Å². The van der Waals surface area contributed by atoms with Gasteiger partial charge in [0, 0.05) is 38.9 Å². The Bertz CT molecular complexity index is 444. The predicted molar refractivity (Wildman–Crippen MR) is 87.9 cm³/mol. The predicted octanol–water partition coefficient (Wildman–Crippen LogP) is 3.07. The molecule has 0 bridgehead atoms. The molecule has 1 aromatic carbocycles. The first-order valence-corrected chi connectivity index (χ1v) is 7.65. The van der Waals surface area contributed by atoms with E-state index in [2.05, 4.69) is 49.6 Å². The number of para-hydroxylation sites is 1. The van der Waals surface area contributed by atoms with Crippen molar-refractivity contribution in [3.8, 4) is 0 Å². The highest BCUT2D eigenvalue weighted by Gasteiger charge is 2.09. The smallest absolute Gasteiger partial charge is 0.221 e. The highest BCUT2D eigenvalue weighted by atomic mass is 16.5. The summed E-state index contributed by atoms with van der Waals surface area (Å²) >= 11 is 0. The Kier molecular flexibility index (Phi) is 7.83. The third kappa shape index (κ3) is 6.17. The van der Waals surface area contributed by atoms with Gasteiger partial charge >= 0.3 is 0 Å². The summed E-state index contributed by atoms with van der Waals surface area (Å²) in [6.45, 7) is 8.47. The molecule has 0 saturated carbocycles. The Morgan fingerprint density at radius 1 is 1.29 bits per heavy atom. The van der Waals surface area contributed by atoms with Gasteiger partial charge in [-0.3, -0.25) is 4.79 Å². The second-order valence-electron chi connectivity index (χ2n) is 5.57. The molecular weight excluding hydrogens is 264 g/mol. The van der Waals surface area contributed by atoms with E-state index in [4.69, 9.17) is 4.74 Å². The summed E-state index contributed by atoms with van der Waals surface area (Å²) in [6.07, 6.45) is 1.34. The lowest BCUT2D eigenvalue weighted by Gasteiger charge is -2.17. The largest absolute Gasteiger partial charge is 0.385 e. The number of hydrogen-bond donors (Lipinski definition) is 2. The molecule has 0 unspecified atom stereocenters. The van der Waals surface area contributed by atoms with E-state index in [9.17, 15) is 4.79 Å². The Balaban J connectivity index is 2.40. The molecule has 0 atom stereocenters. The van der Waals surface area contributed by atoms with E-state index in [1.54, 1.807) is 7.11 Å². The van der Waals surface area contributed by atoms with Crippen LogP contribution in [0.3, 0.4) is 0 Å². The number of benzene rings is 1. The van der Waals surface area contributed by atoms with Gasteiger partial charge in [0.2, 0.25) is 5.91 Å². The van der Waals surface area contributed by atoms with Crippen LogP contribution < -0.4 is 10.6 Å². The maximum Gasteiger partial charge on any atom is 0.221 e. The zero-order valence-corrected chi connectivity index (χ0v) is 13.7. The van der Waals surface area contributed by atoms with Gasteiger partial charge in [-0.2, -0.15) is 0 Å². The van der Waals surface area contributed by atoms with E-state index in [1.165, 1.54) is 16.8 Å². The first-order chi connectivity index (χ1) is 10.1. The van der Waals surface area contributed by atoms with Gasteiger partial charge in [-0.05, 0) is 30.4 Å². The normalized spacial score (nSPS) is 10.7. The molecule has 0 fully saturated rings. The van der Waals surface area contributed by atoms with Crippen LogP contribution in [0.25, 0.3) is 0 Å². The van der Waals surface area contributed by atoms with Crippen LogP contribution in [0.5, 0.6) is 0 Å². The molecule has 1 rings (SSSR count). The third-order valence-corrected chi connectivity index (χ3v) is 3.43. The molecule has 4 heteroatoms. The molecule has 4 nitrogen and oxygen atoms in total. The molecule has 0 aliphatic heterocycles. The number of rotatable bonds is 9. The fourth-order valence-corrected chi connectivity index (χ4v) is 2.25. The van der Waals surface area contributed by atoms with Crippen LogP contribution >= 0.6 is 0 Å². The highest BCUT2D eigenvalue weighted by molar-refractivity contribution is 5.76. The number of aryl methyl sites for hydroxylation is 1. The van der Waals surface area contributed by atoms with Crippen molar-refractivity contribution < 1.29 is 9.53 Å². The molecule has 0 aromatic heterocycles. The minimum Gasteiger partial charge on any atom is -0.385 e. The highest BCUT2D eigenvalue weighted by Crippen LogP contribution is 2.27. The van der Waals surface area contributed by atoms with Crippen molar-refractivity contribution in [2.24, 2.45) is 0 Å². The van der Waals surface area contributed by atoms with Gasteiger partial charge in [0.25, 0.3) is 0 Å². The molecule has 0 spiro atoms. The van der Waals surface area contributed by atoms with Crippen LogP contribution in [-0.2, 0) is 9.53 Å². The summed E-state index contributed by atoms with van der Waals surface area (Å²) in [5, 5.41) is 6.31. The number of carbonyl (C=O) groups is 1. The van der Waals surface area contributed by atoms with Crippen LogP contribution in [0, 0.1) is 6.92 Å². The minimum absolute atomic E-state index is 0.0817. The van der Waals surface area contributed by atoms with Gasteiger partial charge in [0.15, 0.2) is 0 Å². The maximum atomic E-state index is 11.7. The van der Waals surface area contributed by atoms with Crippen molar-refractivity contribution in [2.45, 2.75) is 39.5 Å². The SMILES string of the molecule is COCCCNC(=O)CCNc1c(C)cccc1C(C)C. The average molecular weight is 292 g/mol. The monoisotopic (exact) mass is 292 g/mol. The Labute approximate surface area is 128 Å². The van der Waals surface area contributed by atoms with Crippen molar-refractivity contribution in [3.63, 3.8) is 0 Å². The fourth-order valence-electron chi connectivity index (χ4n) is 2.25. The van der Waals surface area contributed by atoms with E-state index < -0.39 is 0 Å². The number of methoxy groups -OCH3 is 1. The van der Waals surface area contributed by atoms with Crippen LogP contribution in [0.2, 0.25) is 0 Å². The molecule has 21 heavy (non-hydrogen) atoms. The van der Waals surface area contributed by atoms with Gasteiger partial charge < -0.3 is 15.4 Å².